The highest BCUT2D eigenvalue weighted by Gasteiger charge is 1.92. The van der Waals surface area contributed by atoms with Crippen LogP contribution in [0, 0.1) is 6.92 Å². The molecule has 0 unspecified atom stereocenters. The van der Waals surface area contributed by atoms with E-state index in [0.717, 1.165) is 5.52 Å². The number of aromatic amines is 1. The second kappa shape index (κ2) is 3.90. The minimum atomic E-state index is 0. The van der Waals surface area contributed by atoms with E-state index >= 15 is 0 Å². The van der Waals surface area contributed by atoms with Gasteiger partial charge in [-0.15, -0.1) is 0 Å². The van der Waals surface area contributed by atoms with Gasteiger partial charge in [0.2, 0.25) is 0 Å². The van der Waals surface area contributed by atoms with Crippen LogP contribution in [0.4, 0.5) is 0 Å². The van der Waals surface area contributed by atoms with Gasteiger partial charge in [-0.25, -0.2) is 0 Å². The van der Waals surface area contributed by atoms with Gasteiger partial charge in [-0.2, -0.15) is 5.10 Å². The fourth-order valence-corrected chi connectivity index (χ4v) is 1.06. The van der Waals surface area contributed by atoms with Crippen molar-refractivity contribution in [3.8, 4) is 0 Å². The molecule has 0 spiro atoms. The summed E-state index contributed by atoms with van der Waals surface area (Å²) < 4.78 is 0. The van der Waals surface area contributed by atoms with E-state index in [1.165, 1.54) is 10.9 Å². The molecule has 0 radical (unpaired) electrons. The quantitative estimate of drug-likeness (QED) is 0.636. The van der Waals surface area contributed by atoms with Crippen LogP contribution in [0.5, 0.6) is 0 Å². The van der Waals surface area contributed by atoms with Crippen molar-refractivity contribution in [3.05, 3.63) is 30.0 Å². The van der Waals surface area contributed by atoms with Gasteiger partial charge in [-0.3, -0.25) is 5.10 Å². The summed E-state index contributed by atoms with van der Waals surface area (Å²) in [5, 5.41) is 7.99. The third kappa shape index (κ3) is 1.64. The van der Waals surface area contributed by atoms with Gasteiger partial charge < -0.3 is 0 Å². The van der Waals surface area contributed by atoms with Crippen molar-refractivity contribution in [2.45, 2.75) is 20.8 Å². The molecule has 1 heterocycles. The Morgan fingerprint density at radius 3 is 2.83 bits per heavy atom. The molecule has 2 rings (SSSR count). The molecular weight excluding hydrogens is 148 g/mol. The number of nitrogens with one attached hydrogen (secondary N) is 1. The first-order valence-corrected chi connectivity index (χ1v) is 4.26. The van der Waals surface area contributed by atoms with E-state index < -0.39 is 0 Å². The van der Waals surface area contributed by atoms with E-state index in [0.29, 0.717) is 0 Å². The first kappa shape index (κ1) is 8.78. The van der Waals surface area contributed by atoms with Gasteiger partial charge in [-0.1, -0.05) is 25.5 Å². The molecular formula is C10H16N2. The number of aryl methyl sites for hydroxylation is 1. The second-order valence-corrected chi connectivity index (χ2v) is 2.46. The summed E-state index contributed by atoms with van der Waals surface area (Å²) in [6, 6.07) is 6.22. The molecule has 2 nitrogen and oxygen atoms in total. The molecule has 66 valence electrons. The van der Waals surface area contributed by atoms with Crippen LogP contribution in [0.1, 0.15) is 20.8 Å². The lowest BCUT2D eigenvalue weighted by Crippen LogP contribution is -1.70. The number of nitrogens with zero attached hydrogens (tertiary/aromatic N) is 1. The zero-order valence-corrected chi connectivity index (χ0v) is 7.76. The molecule has 1 aromatic carbocycles. The molecule has 2 aromatic rings. The number of hydrogen-bond donors (Lipinski definition) is 1. The maximum atomic E-state index is 3.92. The molecule has 1 N–H and O–H groups in total. The van der Waals surface area contributed by atoms with Gasteiger partial charge in [0.05, 0.1) is 11.7 Å². The van der Waals surface area contributed by atoms with Gasteiger partial charge in [0, 0.05) is 6.81 Å². The maximum Gasteiger partial charge on any atom is 0.0650 e. The van der Waals surface area contributed by atoms with Crippen LogP contribution in [0.25, 0.3) is 10.9 Å². The number of fused-ring (bicyclic) bond motifs is 1. The van der Waals surface area contributed by atoms with Gasteiger partial charge in [0.25, 0.3) is 0 Å². The Hall–Kier alpha value is -1.31. The normalized spacial score (nSPS) is 9.25. The predicted octanol–water partition coefficient (Wildman–Crippen LogP) is 3.14. The van der Waals surface area contributed by atoms with E-state index in [-0.39, 0.29) is 1.43 Å². The summed E-state index contributed by atoms with van der Waals surface area (Å²) in [6.45, 7) is 6.08. The Labute approximate surface area is 74.1 Å². The van der Waals surface area contributed by atoms with Gasteiger partial charge >= 0.3 is 0 Å². The third-order valence-electron chi connectivity index (χ3n) is 1.60. The Balaban J connectivity index is 0.000000451. The average molecular weight is 164 g/mol. The minimum absolute atomic E-state index is 0. The van der Waals surface area contributed by atoms with Crippen LogP contribution in [-0.2, 0) is 0 Å². The summed E-state index contributed by atoms with van der Waals surface area (Å²) >= 11 is 0. The van der Waals surface area contributed by atoms with Crippen molar-refractivity contribution >= 4 is 10.9 Å². The number of benzene rings is 1. The number of H-pyrrole nitrogens is 1. The zero-order valence-electron chi connectivity index (χ0n) is 7.76. The molecule has 0 bridgehead atoms. The van der Waals surface area contributed by atoms with E-state index in [9.17, 15) is 0 Å². The molecule has 0 fully saturated rings. The first-order chi connectivity index (χ1) is 5.86. The van der Waals surface area contributed by atoms with Crippen molar-refractivity contribution in [3.63, 3.8) is 0 Å². The van der Waals surface area contributed by atoms with Crippen LogP contribution < -0.4 is 0 Å². The summed E-state index contributed by atoms with van der Waals surface area (Å²) in [5.41, 5.74) is 2.37. The van der Waals surface area contributed by atoms with Gasteiger partial charge in [0.15, 0.2) is 0 Å². The SMILES string of the molecule is CC.Cc1ccc2[nH]ncc2c1.[HH]. The Kier molecular flexibility index (Phi) is 2.86. The smallest absolute Gasteiger partial charge is 0.0650 e. The van der Waals surface area contributed by atoms with Crippen LogP contribution >= 0.6 is 0 Å². The van der Waals surface area contributed by atoms with Gasteiger partial charge in [-0.05, 0) is 19.1 Å². The van der Waals surface area contributed by atoms with Crippen LogP contribution in [0.2, 0.25) is 0 Å². The molecule has 12 heavy (non-hydrogen) atoms. The van der Waals surface area contributed by atoms with E-state index in [4.69, 9.17) is 0 Å². The predicted molar refractivity (Wildman–Crippen MR) is 54.3 cm³/mol. The fourth-order valence-electron chi connectivity index (χ4n) is 1.06. The van der Waals surface area contributed by atoms with Crippen molar-refractivity contribution < 1.29 is 1.43 Å². The maximum absolute atomic E-state index is 3.92. The molecule has 1 aromatic heterocycles. The lowest BCUT2D eigenvalue weighted by Gasteiger charge is -1.89. The highest BCUT2D eigenvalue weighted by molar-refractivity contribution is 5.78. The lowest BCUT2D eigenvalue weighted by atomic mass is 10.2. The summed E-state index contributed by atoms with van der Waals surface area (Å²) in [6.07, 6.45) is 1.84. The van der Waals surface area contributed by atoms with Crippen molar-refractivity contribution in [1.82, 2.24) is 10.2 Å². The zero-order chi connectivity index (χ0) is 8.97. The fraction of sp³-hybridized carbons (Fsp3) is 0.300. The average Bonchev–Trinajstić information content (AvgIpc) is 2.54. The molecule has 0 aliphatic heterocycles. The molecule has 0 aliphatic rings. The molecule has 0 amide bonds. The molecule has 0 saturated heterocycles. The molecule has 0 aliphatic carbocycles. The highest BCUT2D eigenvalue weighted by atomic mass is 15.1. The summed E-state index contributed by atoms with van der Waals surface area (Å²) in [5.74, 6) is 0. The van der Waals surface area contributed by atoms with Gasteiger partial charge in [0.1, 0.15) is 0 Å². The van der Waals surface area contributed by atoms with Crippen LogP contribution in [0.3, 0.4) is 0 Å². The summed E-state index contributed by atoms with van der Waals surface area (Å²) in [4.78, 5) is 0. The molecule has 0 saturated carbocycles. The van der Waals surface area contributed by atoms with E-state index in [1.807, 2.05) is 26.1 Å². The topological polar surface area (TPSA) is 28.7 Å². The number of rotatable bonds is 0. The minimum Gasteiger partial charge on any atom is -0.278 e. The van der Waals surface area contributed by atoms with Crippen LogP contribution in [-0.4, -0.2) is 10.2 Å². The Morgan fingerprint density at radius 1 is 1.33 bits per heavy atom. The Morgan fingerprint density at radius 2 is 2.08 bits per heavy atom. The van der Waals surface area contributed by atoms with E-state index in [1.54, 1.807) is 0 Å². The lowest BCUT2D eigenvalue weighted by molar-refractivity contribution is 1.12. The van der Waals surface area contributed by atoms with Crippen molar-refractivity contribution in [2.24, 2.45) is 0 Å². The Bertz CT molecular complexity index is 354. The van der Waals surface area contributed by atoms with Crippen molar-refractivity contribution in [1.29, 1.82) is 0 Å². The van der Waals surface area contributed by atoms with Crippen molar-refractivity contribution in [2.75, 3.05) is 0 Å². The third-order valence-corrected chi connectivity index (χ3v) is 1.60. The second-order valence-electron chi connectivity index (χ2n) is 2.46. The highest BCUT2D eigenvalue weighted by Crippen LogP contribution is 2.11. The van der Waals surface area contributed by atoms with E-state index in [2.05, 4.69) is 29.3 Å². The number of aromatic nitrogens is 2. The molecule has 0 atom stereocenters. The largest absolute Gasteiger partial charge is 0.278 e. The summed E-state index contributed by atoms with van der Waals surface area (Å²) in [7, 11) is 0. The van der Waals surface area contributed by atoms with Crippen LogP contribution in [0.15, 0.2) is 24.4 Å². The standard InChI is InChI=1S/C8H8N2.C2H6.H2/c1-6-2-3-8-7(4-6)5-9-10-8;1-2;/h2-5H,1H3,(H,9,10);1-2H3;1H. The monoisotopic (exact) mass is 164 g/mol. The molecule has 2 heteroatoms. The first-order valence-electron chi connectivity index (χ1n) is 4.26. The number of hydrogen-bond acceptors (Lipinski definition) is 1.